The van der Waals surface area contributed by atoms with E-state index >= 15 is 0 Å². The Balaban J connectivity index is 2.75. The second-order valence-electron chi connectivity index (χ2n) is 2.50. The van der Waals surface area contributed by atoms with Gasteiger partial charge in [0, 0.05) is 0 Å². The molecule has 6 heteroatoms. The molecule has 0 unspecified atom stereocenters. The maximum atomic E-state index is 10.6. The Morgan fingerprint density at radius 1 is 1.50 bits per heavy atom. The second kappa shape index (κ2) is 4.74. The Morgan fingerprint density at radius 3 is 2.64 bits per heavy atom. The summed E-state index contributed by atoms with van der Waals surface area (Å²) in [4.78, 5) is 13.0. The van der Waals surface area contributed by atoms with Crippen molar-refractivity contribution >= 4 is 6.09 Å². The van der Waals surface area contributed by atoms with Crippen LogP contribution < -0.4 is 0 Å². The molecule has 14 heavy (non-hydrogen) atoms. The molecule has 0 bridgehead atoms. The van der Waals surface area contributed by atoms with E-state index in [9.17, 15) is 4.79 Å². The Hall–Kier alpha value is -2.20. The van der Waals surface area contributed by atoms with Crippen LogP contribution in [0.1, 0.15) is 5.56 Å². The first-order valence-corrected chi connectivity index (χ1v) is 3.83. The Bertz CT molecular complexity index is 357. The molecule has 0 heterocycles. The number of amides is 1. The molecule has 0 radical (unpaired) electrons. The van der Waals surface area contributed by atoms with Gasteiger partial charge in [0.15, 0.2) is 0 Å². The Kier molecular flexibility index (Phi) is 3.34. The summed E-state index contributed by atoms with van der Waals surface area (Å²) < 4.78 is 0. The molecule has 0 atom stereocenters. The highest BCUT2D eigenvalue weighted by Crippen LogP contribution is 2.04. The molecule has 0 fully saturated rings. The van der Waals surface area contributed by atoms with Crippen molar-refractivity contribution in [3.8, 4) is 0 Å². The van der Waals surface area contributed by atoms with Gasteiger partial charge >= 0.3 is 6.09 Å². The van der Waals surface area contributed by atoms with Crippen molar-refractivity contribution < 1.29 is 9.90 Å². The van der Waals surface area contributed by atoms with Gasteiger partial charge in [-0.2, -0.15) is 9.71 Å². The van der Waals surface area contributed by atoms with E-state index in [1.165, 1.54) is 0 Å². The molecular weight excluding hydrogens is 184 g/mol. The molecular formula is C8H8N4O2. The van der Waals surface area contributed by atoms with Gasteiger partial charge < -0.3 is 5.11 Å². The average molecular weight is 192 g/mol. The number of nitrogens with zero attached hydrogens (tertiary/aromatic N) is 4. The van der Waals surface area contributed by atoms with Crippen molar-refractivity contribution in [1.29, 1.82) is 0 Å². The van der Waals surface area contributed by atoms with E-state index in [-0.39, 0.29) is 6.54 Å². The van der Waals surface area contributed by atoms with Gasteiger partial charge in [-0.25, -0.2) is 0 Å². The van der Waals surface area contributed by atoms with Crippen molar-refractivity contribution in [2.75, 3.05) is 0 Å². The molecule has 1 rings (SSSR count). The summed E-state index contributed by atoms with van der Waals surface area (Å²) in [5.74, 6) is 0. The van der Waals surface area contributed by atoms with E-state index in [0.29, 0.717) is 5.01 Å². The number of rotatable bonds is 3. The van der Waals surface area contributed by atoms with Crippen LogP contribution in [0.15, 0.2) is 35.6 Å². The number of carbonyl (C=O) groups is 1. The van der Waals surface area contributed by atoms with Gasteiger partial charge in [0.25, 0.3) is 0 Å². The third kappa shape index (κ3) is 2.69. The van der Waals surface area contributed by atoms with Crippen molar-refractivity contribution in [2.45, 2.75) is 6.54 Å². The first-order valence-electron chi connectivity index (χ1n) is 3.83. The van der Waals surface area contributed by atoms with Crippen LogP contribution in [0, 0.1) is 0 Å². The summed E-state index contributed by atoms with van der Waals surface area (Å²) in [5.41, 5.74) is 8.88. The monoisotopic (exact) mass is 192 g/mol. The van der Waals surface area contributed by atoms with Crippen molar-refractivity contribution in [3.63, 3.8) is 0 Å². The number of hydrogen-bond donors (Lipinski definition) is 1. The van der Waals surface area contributed by atoms with Gasteiger partial charge in [0.2, 0.25) is 0 Å². The van der Waals surface area contributed by atoms with Crippen LogP contribution in [0.5, 0.6) is 0 Å². The molecule has 0 saturated carbocycles. The molecule has 1 aromatic rings. The molecule has 0 aromatic heterocycles. The molecule has 1 aromatic carbocycles. The fraction of sp³-hybridized carbons (Fsp3) is 0.125. The van der Waals surface area contributed by atoms with Gasteiger partial charge in [0.05, 0.1) is 0 Å². The van der Waals surface area contributed by atoms with E-state index < -0.39 is 6.09 Å². The third-order valence-corrected chi connectivity index (χ3v) is 1.54. The van der Waals surface area contributed by atoms with E-state index in [1.807, 2.05) is 6.07 Å². The minimum atomic E-state index is -1.27. The van der Waals surface area contributed by atoms with E-state index in [1.54, 1.807) is 24.3 Å². The summed E-state index contributed by atoms with van der Waals surface area (Å²) in [6.07, 6.45) is -1.27. The molecule has 0 aliphatic carbocycles. The summed E-state index contributed by atoms with van der Waals surface area (Å²) in [6.45, 7) is 0.0558. The lowest BCUT2D eigenvalue weighted by Gasteiger charge is -2.06. The largest absolute Gasteiger partial charge is 0.508 e. The topological polar surface area (TPSA) is 89.3 Å². The smallest absolute Gasteiger partial charge is 0.446 e. The predicted molar refractivity (Wildman–Crippen MR) is 49.2 cm³/mol. The van der Waals surface area contributed by atoms with Crippen LogP contribution in [0.3, 0.4) is 0 Å². The van der Waals surface area contributed by atoms with Crippen LogP contribution in [0.25, 0.3) is 10.4 Å². The van der Waals surface area contributed by atoms with Crippen LogP contribution in [-0.2, 0) is 6.54 Å². The summed E-state index contributed by atoms with van der Waals surface area (Å²) in [7, 11) is 0. The number of hydrogen-bond acceptors (Lipinski definition) is 2. The summed E-state index contributed by atoms with van der Waals surface area (Å²) in [6, 6.07) is 8.89. The van der Waals surface area contributed by atoms with Gasteiger partial charge in [-0.05, 0) is 10.8 Å². The second-order valence-corrected chi connectivity index (χ2v) is 2.50. The average Bonchev–Trinajstić information content (AvgIpc) is 2.18. The quantitative estimate of drug-likeness (QED) is 0.345. The lowest BCUT2D eigenvalue weighted by Crippen LogP contribution is -2.22. The van der Waals surface area contributed by atoms with E-state index in [4.69, 9.17) is 10.6 Å². The summed E-state index contributed by atoms with van der Waals surface area (Å²) >= 11 is 0. The van der Waals surface area contributed by atoms with Gasteiger partial charge in [-0.3, -0.25) is 0 Å². The highest BCUT2D eigenvalue weighted by Gasteiger charge is 2.14. The molecule has 1 N–H and O–H groups in total. The van der Waals surface area contributed by atoms with Crippen molar-refractivity contribution in [1.82, 2.24) is 5.01 Å². The lowest BCUT2D eigenvalue weighted by molar-refractivity contribution is 0.143. The molecule has 0 spiro atoms. The zero-order valence-corrected chi connectivity index (χ0v) is 7.24. The molecule has 0 saturated heterocycles. The summed E-state index contributed by atoms with van der Waals surface area (Å²) in [5, 5.41) is 12.3. The van der Waals surface area contributed by atoms with Gasteiger partial charge in [-0.15, -0.1) is 10.5 Å². The molecule has 0 aliphatic rings. The molecule has 72 valence electrons. The Labute approximate surface area is 80.0 Å². The fourth-order valence-electron chi connectivity index (χ4n) is 0.942. The van der Waals surface area contributed by atoms with Crippen molar-refractivity contribution in [2.24, 2.45) is 5.22 Å². The predicted octanol–water partition coefficient (Wildman–Crippen LogP) is 2.39. The van der Waals surface area contributed by atoms with Crippen LogP contribution in [0.4, 0.5) is 4.79 Å². The highest BCUT2D eigenvalue weighted by molar-refractivity contribution is 5.64. The van der Waals surface area contributed by atoms with Crippen LogP contribution in [0.2, 0.25) is 0 Å². The molecule has 1 amide bonds. The minimum Gasteiger partial charge on any atom is -0.446 e. The fourth-order valence-corrected chi connectivity index (χ4v) is 0.942. The SMILES string of the molecule is [N-]=[N+]=NN(Cc1ccccc1)C(=O)O. The third-order valence-electron chi connectivity index (χ3n) is 1.54. The number of benzene rings is 1. The highest BCUT2D eigenvalue weighted by atomic mass is 16.4. The Morgan fingerprint density at radius 2 is 2.14 bits per heavy atom. The van der Waals surface area contributed by atoms with Gasteiger partial charge in [-0.1, -0.05) is 30.3 Å². The maximum Gasteiger partial charge on any atom is 0.508 e. The van der Waals surface area contributed by atoms with Gasteiger partial charge in [0.1, 0.15) is 6.54 Å². The zero-order chi connectivity index (χ0) is 10.4. The number of carboxylic acid groups (broad SMARTS) is 1. The minimum absolute atomic E-state index is 0.0558. The molecule has 0 aliphatic heterocycles. The first kappa shape index (κ1) is 9.88. The molecule has 6 nitrogen and oxygen atoms in total. The van der Waals surface area contributed by atoms with E-state index in [2.05, 4.69) is 10.1 Å². The lowest BCUT2D eigenvalue weighted by atomic mass is 10.2. The standard InChI is InChI=1S/C8H8N4O2/c9-10-11-12(8(13)14)6-7-4-2-1-3-5-7/h1-5H,6H2,(H,13,14). The first-order chi connectivity index (χ1) is 6.74. The zero-order valence-electron chi connectivity index (χ0n) is 7.24. The normalized spacial score (nSPS) is 8.86. The van der Waals surface area contributed by atoms with E-state index in [0.717, 1.165) is 5.56 Å². The number of azide groups is 1. The van der Waals surface area contributed by atoms with Crippen LogP contribution in [-0.4, -0.2) is 16.2 Å². The van der Waals surface area contributed by atoms with Crippen LogP contribution >= 0.6 is 0 Å². The maximum absolute atomic E-state index is 10.6. The van der Waals surface area contributed by atoms with Crippen molar-refractivity contribution in [3.05, 3.63) is 46.3 Å².